The summed E-state index contributed by atoms with van der Waals surface area (Å²) in [6, 6.07) is 1.49. The van der Waals surface area contributed by atoms with Crippen LogP contribution in [0.3, 0.4) is 0 Å². The molecule has 1 atom stereocenters. The second-order valence-corrected chi connectivity index (χ2v) is 16.1. The molecule has 0 amide bonds. The minimum Gasteiger partial charge on any atom is -0.353 e. The van der Waals surface area contributed by atoms with E-state index in [9.17, 15) is 0 Å². The zero-order valence-corrected chi connectivity index (χ0v) is 18.7. The first-order chi connectivity index (χ1) is 10.5. The fourth-order valence-electron chi connectivity index (χ4n) is 3.45. The molecule has 0 aromatic rings. The fraction of sp³-hybridized carbons (Fsp3) is 1.00. The molecule has 0 rings (SSSR count). The first-order valence-corrected chi connectivity index (χ1v) is 14.0. The van der Waals surface area contributed by atoms with Gasteiger partial charge in [-0.25, -0.2) is 0 Å². The second kappa shape index (κ2) is 10.9. The molecule has 0 aliphatic carbocycles. The van der Waals surface area contributed by atoms with Crippen LogP contribution in [0.5, 0.6) is 0 Å². The van der Waals surface area contributed by atoms with Crippen molar-refractivity contribution in [1.82, 2.24) is 0 Å². The van der Waals surface area contributed by atoms with Gasteiger partial charge in [0, 0.05) is 27.3 Å². The van der Waals surface area contributed by atoms with Crippen molar-refractivity contribution < 1.29 is 5.73 Å². The van der Waals surface area contributed by atoms with Gasteiger partial charge in [-0.2, -0.15) is 0 Å². The van der Waals surface area contributed by atoms with Gasteiger partial charge in [-0.1, -0.05) is 79.1 Å². The van der Waals surface area contributed by atoms with Crippen LogP contribution >= 0.6 is 0 Å². The lowest BCUT2D eigenvalue weighted by Crippen LogP contribution is -2.72. The van der Waals surface area contributed by atoms with Gasteiger partial charge < -0.3 is 5.73 Å². The summed E-state index contributed by atoms with van der Waals surface area (Å²) in [6.45, 7) is 16.9. The smallest absolute Gasteiger partial charge is 0.0945 e. The van der Waals surface area contributed by atoms with Gasteiger partial charge in [0.05, 0.1) is 5.54 Å². The Morgan fingerprint density at radius 2 is 1.22 bits per heavy atom. The van der Waals surface area contributed by atoms with E-state index in [1.54, 1.807) is 0 Å². The third kappa shape index (κ3) is 15.4. The van der Waals surface area contributed by atoms with Crippen molar-refractivity contribution in [3.05, 3.63) is 0 Å². The first kappa shape index (κ1) is 23.2. The van der Waals surface area contributed by atoms with Gasteiger partial charge in [0.25, 0.3) is 0 Å². The van der Waals surface area contributed by atoms with Crippen molar-refractivity contribution in [2.24, 2.45) is 5.41 Å². The molecule has 0 saturated carbocycles. The summed E-state index contributed by atoms with van der Waals surface area (Å²) >= 11 is 0. The van der Waals surface area contributed by atoms with Crippen LogP contribution in [0.25, 0.3) is 0 Å². The Morgan fingerprint density at radius 3 is 1.70 bits per heavy atom. The zero-order chi connectivity index (χ0) is 18.0. The van der Waals surface area contributed by atoms with Crippen LogP contribution in [0.1, 0.15) is 98.3 Å². The van der Waals surface area contributed by atoms with E-state index in [1.807, 2.05) is 0 Å². The van der Waals surface area contributed by atoms with Gasteiger partial charge in [-0.15, -0.1) is 0 Å². The molecular formula is C21H48NSi+. The largest absolute Gasteiger partial charge is 0.353 e. The summed E-state index contributed by atoms with van der Waals surface area (Å²) in [5, 5.41) is 0. The molecule has 0 spiro atoms. The average Bonchev–Trinajstić information content (AvgIpc) is 2.38. The van der Waals surface area contributed by atoms with Crippen LogP contribution in [0.15, 0.2) is 0 Å². The van der Waals surface area contributed by atoms with Crippen molar-refractivity contribution in [3.8, 4) is 0 Å². The standard InChI is InChI=1S/C21H47NSi/c1-8-9-10-11-16-21(22,18-14-15-20(2,3)4)17-12-13-19-23(5,6)7/h8-19,22H2,1-7H3/p+1. The maximum Gasteiger partial charge on any atom is 0.0945 e. The van der Waals surface area contributed by atoms with Gasteiger partial charge in [-0.3, -0.25) is 0 Å². The third-order valence-electron chi connectivity index (χ3n) is 5.08. The number of unbranched alkanes of at least 4 members (excludes halogenated alkanes) is 4. The van der Waals surface area contributed by atoms with Gasteiger partial charge >= 0.3 is 0 Å². The molecule has 0 bridgehead atoms. The van der Waals surface area contributed by atoms with E-state index in [2.05, 4.69) is 47.3 Å². The first-order valence-electron chi connectivity index (χ1n) is 10.3. The van der Waals surface area contributed by atoms with Crippen LogP contribution in [-0.4, -0.2) is 13.6 Å². The van der Waals surface area contributed by atoms with E-state index < -0.39 is 8.07 Å². The highest BCUT2D eigenvalue weighted by Crippen LogP contribution is 2.29. The maximum absolute atomic E-state index is 4.73. The highest BCUT2D eigenvalue weighted by molar-refractivity contribution is 6.76. The monoisotopic (exact) mass is 342 g/mol. The van der Waals surface area contributed by atoms with E-state index in [-0.39, 0.29) is 0 Å². The average molecular weight is 343 g/mol. The Balaban J connectivity index is 4.29. The highest BCUT2D eigenvalue weighted by Gasteiger charge is 2.28. The SMILES string of the molecule is CCCCCCC([NH3+])(CCCC[Si](C)(C)C)CCCC(C)(C)C. The summed E-state index contributed by atoms with van der Waals surface area (Å²) in [5.74, 6) is 0. The summed E-state index contributed by atoms with van der Waals surface area (Å²) in [4.78, 5) is 0. The topological polar surface area (TPSA) is 27.6 Å². The lowest BCUT2D eigenvalue weighted by molar-refractivity contribution is -0.484. The molecule has 140 valence electrons. The normalized spacial score (nSPS) is 15.7. The predicted molar refractivity (Wildman–Crippen MR) is 110 cm³/mol. The summed E-state index contributed by atoms with van der Waals surface area (Å²) in [5.41, 5.74) is 5.56. The van der Waals surface area contributed by atoms with Crippen molar-refractivity contribution >= 4 is 8.07 Å². The Morgan fingerprint density at radius 1 is 0.696 bits per heavy atom. The van der Waals surface area contributed by atoms with Crippen LogP contribution in [0, 0.1) is 5.41 Å². The van der Waals surface area contributed by atoms with E-state index in [0.717, 1.165) is 0 Å². The van der Waals surface area contributed by atoms with Crippen molar-refractivity contribution in [3.63, 3.8) is 0 Å². The fourth-order valence-corrected chi connectivity index (χ4v) is 4.76. The molecule has 0 radical (unpaired) electrons. The number of quaternary nitrogens is 1. The quantitative estimate of drug-likeness (QED) is 0.286. The van der Waals surface area contributed by atoms with E-state index in [4.69, 9.17) is 5.73 Å². The van der Waals surface area contributed by atoms with E-state index in [0.29, 0.717) is 11.0 Å². The molecule has 0 aliphatic heterocycles. The number of hydrogen-bond donors (Lipinski definition) is 1. The van der Waals surface area contributed by atoms with Gasteiger partial charge in [0.1, 0.15) is 0 Å². The van der Waals surface area contributed by atoms with Gasteiger partial charge in [0.15, 0.2) is 0 Å². The molecule has 23 heavy (non-hydrogen) atoms. The lowest BCUT2D eigenvalue weighted by Gasteiger charge is -2.28. The van der Waals surface area contributed by atoms with E-state index >= 15 is 0 Å². The Kier molecular flexibility index (Phi) is 11.0. The molecule has 0 aliphatic rings. The minimum absolute atomic E-state index is 0.360. The number of rotatable bonds is 13. The highest BCUT2D eigenvalue weighted by atomic mass is 28.3. The maximum atomic E-state index is 4.73. The van der Waals surface area contributed by atoms with Crippen LogP contribution in [0.4, 0.5) is 0 Å². The number of hydrogen-bond acceptors (Lipinski definition) is 0. The van der Waals surface area contributed by atoms with Crippen molar-refractivity contribution in [2.75, 3.05) is 0 Å². The molecule has 0 aromatic carbocycles. The van der Waals surface area contributed by atoms with Crippen molar-refractivity contribution in [1.29, 1.82) is 0 Å². The molecule has 1 unspecified atom stereocenters. The Hall–Kier alpha value is 0.177. The Labute approximate surface area is 149 Å². The van der Waals surface area contributed by atoms with Crippen LogP contribution < -0.4 is 5.73 Å². The molecule has 2 heteroatoms. The molecular weight excluding hydrogens is 294 g/mol. The molecule has 0 aromatic heterocycles. The molecule has 0 heterocycles. The van der Waals surface area contributed by atoms with Gasteiger partial charge in [-0.05, 0) is 31.1 Å². The van der Waals surface area contributed by atoms with Crippen LogP contribution in [0.2, 0.25) is 25.7 Å². The van der Waals surface area contributed by atoms with Crippen molar-refractivity contribution in [2.45, 2.75) is 130 Å². The molecule has 0 fully saturated rings. The predicted octanol–water partition coefficient (Wildman–Crippen LogP) is 6.66. The second-order valence-electron chi connectivity index (χ2n) is 10.5. The zero-order valence-electron chi connectivity index (χ0n) is 17.7. The summed E-state index contributed by atoms with van der Waals surface area (Å²) in [7, 11) is -0.860. The molecule has 3 N–H and O–H groups in total. The lowest BCUT2D eigenvalue weighted by atomic mass is 9.80. The van der Waals surface area contributed by atoms with E-state index in [1.165, 1.54) is 76.7 Å². The van der Waals surface area contributed by atoms with Gasteiger partial charge in [0.2, 0.25) is 0 Å². The summed E-state index contributed by atoms with van der Waals surface area (Å²) < 4.78 is 0. The van der Waals surface area contributed by atoms with Crippen LogP contribution in [-0.2, 0) is 0 Å². The minimum atomic E-state index is -0.860. The third-order valence-corrected chi connectivity index (χ3v) is 6.93. The Bertz CT molecular complexity index is 287. The molecule has 0 saturated heterocycles. The summed E-state index contributed by atoms with van der Waals surface area (Å²) in [6.07, 6.45) is 15.1. The molecule has 1 nitrogen and oxygen atoms in total.